The molecule has 2 aromatic rings. The number of nitrogens with zero attached hydrogens (tertiary/aromatic N) is 5. The molecular formula is C16H4BrN5O2S2. The third-order valence-corrected chi connectivity index (χ3v) is 5.81. The van der Waals surface area contributed by atoms with Gasteiger partial charge in [-0.3, -0.25) is 0 Å². The van der Waals surface area contributed by atoms with E-state index in [0.29, 0.717) is 14.3 Å². The van der Waals surface area contributed by atoms with E-state index in [4.69, 9.17) is 15.3 Å². The number of esters is 1. The van der Waals surface area contributed by atoms with E-state index in [2.05, 4.69) is 25.9 Å². The van der Waals surface area contributed by atoms with Gasteiger partial charge in [-0.05, 0) is 18.2 Å². The highest BCUT2D eigenvalue weighted by atomic mass is 79.9. The predicted octanol–water partition coefficient (Wildman–Crippen LogP) is 3.52. The van der Waals surface area contributed by atoms with Crippen LogP contribution in [0.15, 0.2) is 48.6 Å². The topological polar surface area (TPSA) is 123 Å². The summed E-state index contributed by atoms with van der Waals surface area (Å²) in [6, 6.07) is 12.1. The van der Waals surface area contributed by atoms with E-state index < -0.39 is 5.97 Å². The number of thioether (sulfide) groups is 2. The highest BCUT2D eigenvalue weighted by Gasteiger charge is 2.29. The maximum absolute atomic E-state index is 12.3. The Balaban J connectivity index is 1.91. The third kappa shape index (κ3) is 3.56. The van der Waals surface area contributed by atoms with Gasteiger partial charge in [-0.25, -0.2) is 14.8 Å². The van der Waals surface area contributed by atoms with Crippen LogP contribution < -0.4 is 4.74 Å². The van der Waals surface area contributed by atoms with Crippen molar-refractivity contribution in [3.05, 3.63) is 49.9 Å². The average molecular weight is 442 g/mol. The lowest BCUT2D eigenvalue weighted by molar-refractivity contribution is -0.129. The van der Waals surface area contributed by atoms with Crippen LogP contribution in [-0.4, -0.2) is 15.9 Å². The van der Waals surface area contributed by atoms with Gasteiger partial charge in [0.2, 0.25) is 0 Å². The van der Waals surface area contributed by atoms with Crippen molar-refractivity contribution >= 4 is 45.4 Å². The van der Waals surface area contributed by atoms with Gasteiger partial charge in [0.15, 0.2) is 17.0 Å². The van der Waals surface area contributed by atoms with Gasteiger partial charge < -0.3 is 4.74 Å². The lowest BCUT2D eigenvalue weighted by atomic mass is 10.3. The number of carbonyl (C=O) groups is 1. The SMILES string of the molecule is N#CC(C(=O)Oc1cccc(Br)c1)=C1Sc2nc(C#N)c(C#N)nc2S1. The Morgan fingerprint density at radius 2 is 1.69 bits per heavy atom. The van der Waals surface area contributed by atoms with Crippen LogP contribution in [-0.2, 0) is 4.79 Å². The molecule has 0 fully saturated rings. The van der Waals surface area contributed by atoms with Crippen LogP contribution >= 0.6 is 39.5 Å². The first-order valence-corrected chi connectivity index (χ1v) is 9.18. The van der Waals surface area contributed by atoms with Gasteiger partial charge in [-0.15, -0.1) is 0 Å². The van der Waals surface area contributed by atoms with Gasteiger partial charge >= 0.3 is 5.97 Å². The Labute approximate surface area is 164 Å². The molecular weight excluding hydrogens is 438 g/mol. The first-order chi connectivity index (χ1) is 12.5. The molecule has 0 saturated carbocycles. The molecule has 0 bridgehead atoms. The number of fused-ring (bicyclic) bond motifs is 1. The fourth-order valence-corrected chi connectivity index (χ4v) is 4.48. The number of aromatic nitrogens is 2. The molecule has 2 heterocycles. The zero-order valence-corrected chi connectivity index (χ0v) is 15.8. The van der Waals surface area contributed by atoms with Crippen molar-refractivity contribution in [1.82, 2.24) is 9.97 Å². The number of hydrogen-bond acceptors (Lipinski definition) is 9. The molecule has 0 radical (unpaired) electrons. The Hall–Kier alpha value is -2.84. The predicted molar refractivity (Wildman–Crippen MR) is 95.6 cm³/mol. The number of carbonyl (C=O) groups excluding carboxylic acids is 1. The van der Waals surface area contributed by atoms with Crippen LogP contribution in [0.25, 0.3) is 0 Å². The first-order valence-electron chi connectivity index (χ1n) is 6.75. The summed E-state index contributed by atoms with van der Waals surface area (Å²) in [6.07, 6.45) is 0. The largest absolute Gasteiger partial charge is 0.422 e. The van der Waals surface area contributed by atoms with E-state index in [1.165, 1.54) is 0 Å². The molecule has 124 valence electrons. The summed E-state index contributed by atoms with van der Waals surface area (Å²) in [6.45, 7) is 0. The number of hydrogen-bond donors (Lipinski definition) is 0. The molecule has 0 unspecified atom stereocenters. The zero-order chi connectivity index (χ0) is 18.7. The van der Waals surface area contributed by atoms with E-state index in [9.17, 15) is 10.1 Å². The fourth-order valence-electron chi connectivity index (χ4n) is 1.86. The summed E-state index contributed by atoms with van der Waals surface area (Å²) in [5.41, 5.74) is -0.400. The summed E-state index contributed by atoms with van der Waals surface area (Å²) in [5, 5.41) is 28.1. The number of ether oxygens (including phenoxy) is 1. The minimum Gasteiger partial charge on any atom is -0.422 e. The van der Waals surface area contributed by atoms with Crippen LogP contribution in [0.2, 0.25) is 0 Å². The van der Waals surface area contributed by atoms with E-state index in [0.717, 1.165) is 28.0 Å². The van der Waals surface area contributed by atoms with Crippen molar-refractivity contribution in [2.45, 2.75) is 10.1 Å². The van der Waals surface area contributed by atoms with Crippen LogP contribution in [0.4, 0.5) is 0 Å². The van der Waals surface area contributed by atoms with Crippen LogP contribution in [0, 0.1) is 34.0 Å². The highest BCUT2D eigenvalue weighted by molar-refractivity contribution is 9.10. The van der Waals surface area contributed by atoms with Gasteiger partial charge in [0.05, 0.1) is 4.24 Å². The molecule has 10 heteroatoms. The minimum atomic E-state index is -0.811. The van der Waals surface area contributed by atoms with Crippen LogP contribution in [0.5, 0.6) is 5.75 Å². The average Bonchev–Trinajstić information content (AvgIpc) is 3.03. The lowest BCUT2D eigenvalue weighted by Crippen LogP contribution is -2.11. The standard InChI is InChI=1S/C16H4BrN5O2S2/c17-8-2-1-3-9(4-8)24-15(23)10(5-18)16-25-13-14(26-16)22-12(7-20)11(6-19)21-13/h1-4H. The molecule has 3 rings (SSSR count). The number of rotatable bonds is 2. The normalized spacial score (nSPS) is 11.7. The Morgan fingerprint density at radius 1 is 1.08 bits per heavy atom. The molecule has 26 heavy (non-hydrogen) atoms. The molecule has 0 atom stereocenters. The molecule has 1 aromatic carbocycles. The van der Waals surface area contributed by atoms with Gasteiger partial charge in [0, 0.05) is 4.47 Å². The van der Waals surface area contributed by atoms with Crippen molar-refractivity contribution < 1.29 is 9.53 Å². The van der Waals surface area contributed by atoms with Crippen molar-refractivity contribution in [1.29, 1.82) is 15.8 Å². The zero-order valence-electron chi connectivity index (χ0n) is 12.6. The van der Waals surface area contributed by atoms with Crippen molar-refractivity contribution in [2.75, 3.05) is 0 Å². The molecule has 0 spiro atoms. The van der Waals surface area contributed by atoms with Gasteiger partial charge in [0.1, 0.15) is 34.0 Å². The summed E-state index contributed by atoms with van der Waals surface area (Å²) >= 11 is 5.34. The maximum Gasteiger partial charge on any atom is 0.356 e. The second-order valence-corrected chi connectivity index (χ2v) is 7.75. The summed E-state index contributed by atoms with van der Waals surface area (Å²) in [4.78, 5) is 20.5. The molecule has 0 amide bonds. The number of benzene rings is 1. The first kappa shape index (κ1) is 18.0. The van der Waals surface area contributed by atoms with E-state index in [-0.39, 0.29) is 22.7 Å². The van der Waals surface area contributed by atoms with E-state index in [1.54, 1.807) is 36.4 Å². The van der Waals surface area contributed by atoms with Crippen molar-refractivity contribution in [3.63, 3.8) is 0 Å². The molecule has 1 aliphatic rings. The fraction of sp³-hybridized carbons (Fsp3) is 0. The van der Waals surface area contributed by atoms with E-state index >= 15 is 0 Å². The number of nitriles is 3. The van der Waals surface area contributed by atoms with Crippen LogP contribution in [0.1, 0.15) is 11.4 Å². The lowest BCUT2D eigenvalue weighted by Gasteiger charge is -2.04. The molecule has 1 aromatic heterocycles. The Morgan fingerprint density at radius 3 is 2.19 bits per heavy atom. The maximum atomic E-state index is 12.3. The number of halogens is 1. The van der Waals surface area contributed by atoms with Crippen molar-refractivity contribution in [3.8, 4) is 24.0 Å². The van der Waals surface area contributed by atoms with Crippen LogP contribution in [0.3, 0.4) is 0 Å². The molecule has 0 N–H and O–H groups in total. The van der Waals surface area contributed by atoms with Gasteiger partial charge in [-0.1, -0.05) is 45.5 Å². The quantitative estimate of drug-likeness (QED) is 0.297. The second-order valence-electron chi connectivity index (χ2n) is 4.58. The Kier molecular flexibility index (Phi) is 5.24. The smallest absolute Gasteiger partial charge is 0.356 e. The summed E-state index contributed by atoms with van der Waals surface area (Å²) < 4.78 is 6.29. The molecule has 0 aliphatic carbocycles. The molecule has 0 saturated heterocycles. The van der Waals surface area contributed by atoms with Gasteiger partial charge in [0.25, 0.3) is 0 Å². The van der Waals surface area contributed by atoms with Gasteiger partial charge in [-0.2, -0.15) is 15.8 Å². The monoisotopic (exact) mass is 441 g/mol. The molecule has 7 nitrogen and oxygen atoms in total. The van der Waals surface area contributed by atoms with Crippen molar-refractivity contribution in [2.24, 2.45) is 0 Å². The highest BCUT2D eigenvalue weighted by Crippen LogP contribution is 2.50. The third-order valence-electron chi connectivity index (χ3n) is 2.95. The second kappa shape index (κ2) is 7.59. The Bertz CT molecular complexity index is 1050. The molecule has 1 aliphatic heterocycles. The minimum absolute atomic E-state index is 0.101. The summed E-state index contributed by atoms with van der Waals surface area (Å²) in [7, 11) is 0. The van der Waals surface area contributed by atoms with E-state index in [1.807, 2.05) is 6.07 Å². The summed E-state index contributed by atoms with van der Waals surface area (Å²) in [5.74, 6) is -0.521.